The van der Waals surface area contributed by atoms with Gasteiger partial charge in [-0.25, -0.2) is 4.79 Å². The molecule has 1 heterocycles. The van der Waals surface area contributed by atoms with Crippen molar-refractivity contribution in [1.82, 2.24) is 10.6 Å². The molecule has 6 heteroatoms. The molecule has 114 valence electrons. The molecule has 0 spiro atoms. The molecule has 6 nitrogen and oxygen atoms in total. The van der Waals surface area contributed by atoms with E-state index in [1.165, 1.54) is 0 Å². The third kappa shape index (κ3) is 4.19. The molecular formula is C15H21N3O3. The fraction of sp³-hybridized carbons (Fsp3) is 0.467. The highest BCUT2D eigenvalue weighted by Crippen LogP contribution is 2.21. The van der Waals surface area contributed by atoms with Crippen LogP contribution in [0.2, 0.25) is 0 Å². The minimum Gasteiger partial charge on any atom is -0.392 e. The Labute approximate surface area is 124 Å². The van der Waals surface area contributed by atoms with Crippen LogP contribution in [0.5, 0.6) is 0 Å². The zero-order valence-corrected chi connectivity index (χ0v) is 12.3. The molecule has 2 atom stereocenters. The van der Waals surface area contributed by atoms with Crippen LogP contribution < -0.4 is 15.5 Å². The molecule has 2 rings (SSSR count). The number of anilines is 1. The zero-order chi connectivity index (χ0) is 15.4. The van der Waals surface area contributed by atoms with Gasteiger partial charge in [-0.15, -0.1) is 0 Å². The number of nitrogens with zero attached hydrogens (tertiary/aromatic N) is 1. The molecule has 0 bridgehead atoms. The van der Waals surface area contributed by atoms with Gasteiger partial charge in [0.05, 0.1) is 12.1 Å². The Hall–Kier alpha value is -2.08. The zero-order valence-electron chi connectivity index (χ0n) is 12.3. The van der Waals surface area contributed by atoms with Gasteiger partial charge in [0.25, 0.3) is 0 Å². The molecule has 1 aromatic rings. The fourth-order valence-electron chi connectivity index (χ4n) is 2.26. The Balaban J connectivity index is 1.90. The smallest absolute Gasteiger partial charge is 0.315 e. The number of amides is 3. The van der Waals surface area contributed by atoms with Crippen molar-refractivity contribution in [2.75, 3.05) is 18.0 Å². The highest BCUT2D eigenvalue weighted by Gasteiger charge is 2.31. The third-order valence-electron chi connectivity index (χ3n) is 3.36. The maximum Gasteiger partial charge on any atom is 0.315 e. The Morgan fingerprint density at radius 3 is 2.71 bits per heavy atom. The van der Waals surface area contributed by atoms with E-state index >= 15 is 0 Å². The maximum atomic E-state index is 12.0. The third-order valence-corrected chi connectivity index (χ3v) is 3.36. The lowest BCUT2D eigenvalue weighted by Crippen LogP contribution is -2.45. The van der Waals surface area contributed by atoms with Crippen molar-refractivity contribution in [2.24, 2.45) is 0 Å². The Morgan fingerprint density at radius 1 is 1.43 bits per heavy atom. The molecule has 0 aromatic heterocycles. The van der Waals surface area contributed by atoms with E-state index in [9.17, 15) is 9.59 Å². The standard InChI is InChI=1S/C15H21N3O3/c1-10-3-5-13(6-4-10)18-9-12(7-14(18)20)17-15(21)16-8-11(2)19/h3-6,11-12,19H,7-9H2,1-2H3,(H2,16,17,21)/t11-,12-/m1/s1. The molecule has 0 unspecified atom stereocenters. The largest absolute Gasteiger partial charge is 0.392 e. The highest BCUT2D eigenvalue weighted by molar-refractivity contribution is 5.96. The van der Waals surface area contributed by atoms with Crippen LogP contribution in [0.3, 0.4) is 0 Å². The quantitative estimate of drug-likeness (QED) is 0.767. The second-order valence-corrected chi connectivity index (χ2v) is 5.44. The molecule has 1 aromatic carbocycles. The SMILES string of the molecule is Cc1ccc(N2C[C@H](NC(=O)NC[C@@H](C)O)CC2=O)cc1. The van der Waals surface area contributed by atoms with E-state index in [-0.39, 0.29) is 30.9 Å². The van der Waals surface area contributed by atoms with Crippen molar-refractivity contribution in [2.45, 2.75) is 32.4 Å². The Bertz CT molecular complexity index is 513. The van der Waals surface area contributed by atoms with Gasteiger partial charge in [-0.3, -0.25) is 4.79 Å². The van der Waals surface area contributed by atoms with E-state index < -0.39 is 6.10 Å². The summed E-state index contributed by atoms with van der Waals surface area (Å²) < 4.78 is 0. The van der Waals surface area contributed by atoms with Crippen molar-refractivity contribution < 1.29 is 14.7 Å². The van der Waals surface area contributed by atoms with Crippen LogP contribution >= 0.6 is 0 Å². The van der Waals surface area contributed by atoms with Crippen LogP contribution in [0.1, 0.15) is 18.9 Å². The van der Waals surface area contributed by atoms with Crippen molar-refractivity contribution in [1.29, 1.82) is 0 Å². The van der Waals surface area contributed by atoms with E-state index in [1.54, 1.807) is 11.8 Å². The van der Waals surface area contributed by atoms with Crippen molar-refractivity contribution >= 4 is 17.6 Å². The summed E-state index contributed by atoms with van der Waals surface area (Å²) in [5.41, 5.74) is 1.98. The van der Waals surface area contributed by atoms with Crippen LogP contribution in [-0.2, 0) is 4.79 Å². The summed E-state index contributed by atoms with van der Waals surface area (Å²) in [6.45, 7) is 4.24. The van der Waals surface area contributed by atoms with Gasteiger partial charge in [0.1, 0.15) is 0 Å². The predicted molar refractivity (Wildman–Crippen MR) is 80.2 cm³/mol. The monoisotopic (exact) mass is 291 g/mol. The molecule has 21 heavy (non-hydrogen) atoms. The van der Waals surface area contributed by atoms with Crippen LogP contribution in [0, 0.1) is 6.92 Å². The minimum atomic E-state index is -0.593. The van der Waals surface area contributed by atoms with Gasteiger partial charge < -0.3 is 20.6 Å². The number of carbonyl (C=O) groups excluding carboxylic acids is 2. The van der Waals surface area contributed by atoms with Crippen molar-refractivity contribution in [3.05, 3.63) is 29.8 Å². The van der Waals surface area contributed by atoms with Gasteiger partial charge in [-0.2, -0.15) is 0 Å². The number of aryl methyl sites for hydroxylation is 1. The van der Waals surface area contributed by atoms with Crippen LogP contribution in [0.4, 0.5) is 10.5 Å². The molecule has 0 aliphatic carbocycles. The molecule has 1 aliphatic rings. The van der Waals surface area contributed by atoms with Gasteiger partial charge in [0, 0.05) is 25.2 Å². The normalized spacial score (nSPS) is 19.5. The summed E-state index contributed by atoms with van der Waals surface area (Å²) in [6.07, 6.45) is -0.305. The van der Waals surface area contributed by atoms with Crippen molar-refractivity contribution in [3.8, 4) is 0 Å². The van der Waals surface area contributed by atoms with E-state index in [1.807, 2.05) is 31.2 Å². The summed E-state index contributed by atoms with van der Waals surface area (Å²) in [4.78, 5) is 25.3. The first kappa shape index (κ1) is 15.3. The summed E-state index contributed by atoms with van der Waals surface area (Å²) >= 11 is 0. The van der Waals surface area contributed by atoms with Crippen LogP contribution in [0.15, 0.2) is 24.3 Å². The molecule has 1 saturated heterocycles. The van der Waals surface area contributed by atoms with E-state index in [4.69, 9.17) is 5.11 Å². The van der Waals surface area contributed by atoms with E-state index in [0.29, 0.717) is 6.54 Å². The molecule has 1 fully saturated rings. The second-order valence-electron chi connectivity index (χ2n) is 5.44. The number of hydrogen-bond donors (Lipinski definition) is 3. The number of nitrogens with one attached hydrogen (secondary N) is 2. The number of aliphatic hydroxyl groups is 1. The first-order valence-corrected chi connectivity index (χ1v) is 7.05. The lowest BCUT2D eigenvalue weighted by molar-refractivity contribution is -0.117. The van der Waals surface area contributed by atoms with E-state index in [0.717, 1.165) is 11.3 Å². The molecular weight excluding hydrogens is 270 g/mol. The van der Waals surface area contributed by atoms with Crippen molar-refractivity contribution in [3.63, 3.8) is 0 Å². The molecule has 1 aliphatic heterocycles. The average Bonchev–Trinajstić information content (AvgIpc) is 2.78. The lowest BCUT2D eigenvalue weighted by Gasteiger charge is -2.17. The summed E-state index contributed by atoms with van der Waals surface area (Å²) in [5.74, 6) is -0.000297. The average molecular weight is 291 g/mol. The number of urea groups is 1. The first-order valence-electron chi connectivity index (χ1n) is 7.05. The minimum absolute atomic E-state index is 0.000297. The molecule has 3 amide bonds. The molecule has 3 N–H and O–H groups in total. The van der Waals surface area contributed by atoms with Gasteiger partial charge in [-0.1, -0.05) is 17.7 Å². The van der Waals surface area contributed by atoms with E-state index in [2.05, 4.69) is 10.6 Å². The van der Waals surface area contributed by atoms with Crippen LogP contribution in [-0.4, -0.2) is 42.3 Å². The Morgan fingerprint density at radius 2 is 2.10 bits per heavy atom. The van der Waals surface area contributed by atoms with Gasteiger partial charge >= 0.3 is 6.03 Å². The van der Waals surface area contributed by atoms with Gasteiger partial charge in [0.2, 0.25) is 5.91 Å². The predicted octanol–water partition coefficient (Wildman–Crippen LogP) is 0.780. The number of aliphatic hydroxyl groups excluding tert-OH is 1. The molecule has 0 radical (unpaired) electrons. The highest BCUT2D eigenvalue weighted by atomic mass is 16.3. The fourth-order valence-corrected chi connectivity index (χ4v) is 2.26. The number of benzene rings is 1. The summed E-state index contributed by atoms with van der Waals surface area (Å²) in [7, 11) is 0. The number of hydrogen-bond acceptors (Lipinski definition) is 3. The topological polar surface area (TPSA) is 81.7 Å². The Kier molecular flexibility index (Phi) is 4.80. The first-order chi connectivity index (χ1) is 9.95. The van der Waals surface area contributed by atoms with Crippen LogP contribution in [0.25, 0.3) is 0 Å². The van der Waals surface area contributed by atoms with Gasteiger partial charge in [-0.05, 0) is 26.0 Å². The summed E-state index contributed by atoms with van der Waals surface area (Å²) in [6, 6.07) is 7.15. The van der Waals surface area contributed by atoms with Gasteiger partial charge in [0.15, 0.2) is 0 Å². The number of rotatable bonds is 4. The second kappa shape index (κ2) is 6.58. The summed E-state index contributed by atoms with van der Waals surface area (Å²) in [5, 5.41) is 14.4. The molecule has 0 saturated carbocycles. The lowest BCUT2D eigenvalue weighted by atomic mass is 10.2. The number of carbonyl (C=O) groups is 2. The maximum absolute atomic E-state index is 12.0.